The summed E-state index contributed by atoms with van der Waals surface area (Å²) < 4.78 is 10.6. The molecule has 1 aromatic carbocycles. The van der Waals surface area contributed by atoms with E-state index in [1.54, 1.807) is 12.4 Å². The highest BCUT2D eigenvalue weighted by Gasteiger charge is 2.16. The normalized spacial score (nSPS) is 11.2. The molecule has 1 N–H and O–H groups in total. The second-order valence-electron chi connectivity index (χ2n) is 6.72. The van der Waals surface area contributed by atoms with E-state index in [4.69, 9.17) is 9.26 Å². The van der Waals surface area contributed by atoms with Crippen LogP contribution in [0.25, 0.3) is 22.8 Å². The van der Waals surface area contributed by atoms with E-state index in [9.17, 15) is 4.79 Å². The summed E-state index contributed by atoms with van der Waals surface area (Å²) in [5, 5.41) is 6.72. The molecule has 0 aliphatic carbocycles. The second kappa shape index (κ2) is 7.35. The summed E-state index contributed by atoms with van der Waals surface area (Å²) in [6.07, 6.45) is 2.90. The Morgan fingerprint density at radius 1 is 1.19 bits per heavy atom. The predicted molar refractivity (Wildman–Crippen MR) is 96.0 cm³/mol. The summed E-state index contributed by atoms with van der Waals surface area (Å²) in [6.45, 7) is 5.81. The zero-order chi connectivity index (χ0) is 18.6. The second-order valence-corrected chi connectivity index (χ2v) is 6.72. The van der Waals surface area contributed by atoms with Crippen molar-refractivity contribution in [1.82, 2.24) is 20.4 Å². The molecule has 26 heavy (non-hydrogen) atoms. The number of rotatable bonds is 4. The lowest BCUT2D eigenvalue weighted by molar-refractivity contribution is 0.0523. The largest absolute Gasteiger partial charge is 0.444 e. The number of amides is 1. The van der Waals surface area contributed by atoms with Gasteiger partial charge in [0.05, 0.1) is 0 Å². The standard InChI is InChI=1S/C19H20N4O3/c1-19(2,3)25-18(24)21-11-13-6-4-7-14(10-13)17-22-16(23-26-17)15-8-5-9-20-12-15/h4-10,12H,11H2,1-3H3,(H,21,24). The van der Waals surface area contributed by atoms with Gasteiger partial charge in [-0.2, -0.15) is 4.98 Å². The lowest BCUT2D eigenvalue weighted by Gasteiger charge is -2.19. The summed E-state index contributed by atoms with van der Waals surface area (Å²) in [5.74, 6) is 0.883. The van der Waals surface area contributed by atoms with Crippen molar-refractivity contribution in [2.75, 3.05) is 0 Å². The minimum atomic E-state index is -0.529. The van der Waals surface area contributed by atoms with Crippen LogP contribution in [0.3, 0.4) is 0 Å². The molecule has 0 aliphatic heterocycles. The number of ether oxygens (including phenoxy) is 1. The van der Waals surface area contributed by atoms with Gasteiger partial charge >= 0.3 is 6.09 Å². The van der Waals surface area contributed by atoms with Crippen molar-refractivity contribution in [3.63, 3.8) is 0 Å². The summed E-state index contributed by atoms with van der Waals surface area (Å²) in [5.41, 5.74) is 1.93. The van der Waals surface area contributed by atoms with E-state index in [0.29, 0.717) is 18.3 Å². The summed E-state index contributed by atoms with van der Waals surface area (Å²) in [6, 6.07) is 11.2. The average molecular weight is 352 g/mol. The number of hydrogen-bond acceptors (Lipinski definition) is 6. The number of alkyl carbamates (subject to hydrolysis) is 1. The van der Waals surface area contributed by atoms with Crippen LogP contribution >= 0.6 is 0 Å². The van der Waals surface area contributed by atoms with Gasteiger partial charge in [0.25, 0.3) is 5.89 Å². The number of carbonyl (C=O) groups is 1. The predicted octanol–water partition coefficient (Wildman–Crippen LogP) is 3.82. The Labute approximate surface area is 151 Å². The van der Waals surface area contributed by atoms with Gasteiger partial charge in [-0.3, -0.25) is 4.98 Å². The van der Waals surface area contributed by atoms with Crippen molar-refractivity contribution in [2.45, 2.75) is 32.9 Å². The van der Waals surface area contributed by atoms with E-state index in [0.717, 1.165) is 16.7 Å². The van der Waals surface area contributed by atoms with Gasteiger partial charge < -0.3 is 14.6 Å². The van der Waals surface area contributed by atoms with Gasteiger partial charge in [-0.1, -0.05) is 17.3 Å². The van der Waals surface area contributed by atoms with Gasteiger partial charge in [0, 0.05) is 30.1 Å². The molecule has 0 bridgehead atoms. The first-order valence-corrected chi connectivity index (χ1v) is 8.21. The number of benzene rings is 1. The lowest BCUT2D eigenvalue weighted by atomic mass is 10.1. The SMILES string of the molecule is CC(C)(C)OC(=O)NCc1cccc(-c2nc(-c3cccnc3)no2)c1. The van der Waals surface area contributed by atoms with Crippen LogP contribution in [0.2, 0.25) is 0 Å². The van der Waals surface area contributed by atoms with Gasteiger partial charge in [-0.05, 0) is 50.6 Å². The number of aromatic nitrogens is 3. The molecule has 0 saturated heterocycles. The smallest absolute Gasteiger partial charge is 0.407 e. The van der Waals surface area contributed by atoms with Gasteiger partial charge in [0.15, 0.2) is 0 Å². The number of carbonyl (C=O) groups excluding carboxylic acids is 1. The highest BCUT2D eigenvalue weighted by atomic mass is 16.6. The van der Waals surface area contributed by atoms with Gasteiger partial charge in [0.2, 0.25) is 5.82 Å². The zero-order valence-electron chi connectivity index (χ0n) is 14.9. The first-order chi connectivity index (χ1) is 12.4. The number of nitrogens with zero attached hydrogens (tertiary/aromatic N) is 3. The fourth-order valence-corrected chi connectivity index (χ4v) is 2.26. The molecule has 0 unspecified atom stereocenters. The molecule has 0 fully saturated rings. The van der Waals surface area contributed by atoms with Gasteiger partial charge in [0.1, 0.15) is 5.60 Å². The molecule has 2 aromatic heterocycles. The molecule has 0 atom stereocenters. The number of nitrogens with one attached hydrogen (secondary N) is 1. The Hall–Kier alpha value is -3.22. The van der Waals surface area contributed by atoms with E-state index in [-0.39, 0.29) is 0 Å². The third-order valence-corrected chi connectivity index (χ3v) is 3.36. The van der Waals surface area contributed by atoms with Crippen molar-refractivity contribution in [3.05, 3.63) is 54.4 Å². The fourth-order valence-electron chi connectivity index (χ4n) is 2.26. The third-order valence-electron chi connectivity index (χ3n) is 3.36. The molecule has 7 nitrogen and oxygen atoms in total. The molecule has 0 radical (unpaired) electrons. The van der Waals surface area contributed by atoms with Crippen LogP contribution in [-0.2, 0) is 11.3 Å². The molecule has 2 heterocycles. The summed E-state index contributed by atoms with van der Waals surface area (Å²) >= 11 is 0. The van der Waals surface area contributed by atoms with E-state index >= 15 is 0 Å². The maximum absolute atomic E-state index is 11.8. The molecule has 134 valence electrons. The van der Waals surface area contributed by atoms with Crippen LogP contribution in [0, 0.1) is 0 Å². The monoisotopic (exact) mass is 352 g/mol. The zero-order valence-corrected chi connectivity index (χ0v) is 14.9. The van der Waals surface area contributed by atoms with Crippen LogP contribution in [0.4, 0.5) is 4.79 Å². The first kappa shape index (κ1) is 17.6. The molecule has 1 amide bonds. The Bertz CT molecular complexity index is 885. The summed E-state index contributed by atoms with van der Waals surface area (Å²) in [4.78, 5) is 20.2. The van der Waals surface area contributed by atoms with Crippen molar-refractivity contribution in [1.29, 1.82) is 0 Å². The van der Waals surface area contributed by atoms with Crippen LogP contribution in [-0.4, -0.2) is 26.8 Å². The highest BCUT2D eigenvalue weighted by Crippen LogP contribution is 2.22. The van der Waals surface area contributed by atoms with E-state index in [1.165, 1.54) is 0 Å². The minimum absolute atomic E-state index is 0.340. The maximum atomic E-state index is 11.8. The molecule has 0 spiro atoms. The Kier molecular flexibility index (Phi) is 4.97. The van der Waals surface area contributed by atoms with E-state index in [1.807, 2.05) is 57.2 Å². The molecular weight excluding hydrogens is 332 g/mol. The minimum Gasteiger partial charge on any atom is -0.444 e. The Morgan fingerprint density at radius 2 is 2.00 bits per heavy atom. The Balaban J connectivity index is 1.70. The van der Waals surface area contributed by atoms with Crippen LogP contribution < -0.4 is 5.32 Å². The Morgan fingerprint density at radius 3 is 2.73 bits per heavy atom. The molecule has 0 aliphatic rings. The molecule has 0 saturated carbocycles. The van der Waals surface area contributed by atoms with Crippen molar-refractivity contribution >= 4 is 6.09 Å². The lowest BCUT2D eigenvalue weighted by Crippen LogP contribution is -2.32. The maximum Gasteiger partial charge on any atom is 0.407 e. The fraction of sp³-hybridized carbons (Fsp3) is 0.263. The molecule has 7 heteroatoms. The molecule has 3 rings (SSSR count). The number of pyridine rings is 1. The molecule has 3 aromatic rings. The number of hydrogen-bond donors (Lipinski definition) is 1. The average Bonchev–Trinajstić information content (AvgIpc) is 3.10. The quantitative estimate of drug-likeness (QED) is 0.767. The van der Waals surface area contributed by atoms with Crippen molar-refractivity contribution in [2.24, 2.45) is 0 Å². The van der Waals surface area contributed by atoms with E-state index < -0.39 is 11.7 Å². The van der Waals surface area contributed by atoms with Crippen LogP contribution in [0.1, 0.15) is 26.3 Å². The molecular formula is C19H20N4O3. The van der Waals surface area contributed by atoms with Gasteiger partial charge in [-0.25, -0.2) is 4.79 Å². The highest BCUT2D eigenvalue weighted by molar-refractivity contribution is 5.68. The summed E-state index contributed by atoms with van der Waals surface area (Å²) in [7, 11) is 0. The van der Waals surface area contributed by atoms with Crippen molar-refractivity contribution in [3.8, 4) is 22.8 Å². The van der Waals surface area contributed by atoms with Crippen LogP contribution in [0.5, 0.6) is 0 Å². The van der Waals surface area contributed by atoms with Crippen LogP contribution in [0.15, 0.2) is 53.3 Å². The van der Waals surface area contributed by atoms with Crippen molar-refractivity contribution < 1.29 is 14.1 Å². The van der Waals surface area contributed by atoms with Gasteiger partial charge in [-0.15, -0.1) is 0 Å². The van der Waals surface area contributed by atoms with E-state index in [2.05, 4.69) is 20.4 Å². The first-order valence-electron chi connectivity index (χ1n) is 8.21. The third kappa shape index (κ3) is 4.66. The topological polar surface area (TPSA) is 90.1 Å².